The van der Waals surface area contributed by atoms with E-state index in [2.05, 4.69) is 5.32 Å². The predicted molar refractivity (Wildman–Crippen MR) is 65.4 cm³/mol. The summed E-state index contributed by atoms with van der Waals surface area (Å²) in [6.45, 7) is 5.66. The maximum atomic E-state index is 11.5. The van der Waals surface area contributed by atoms with E-state index in [1.54, 1.807) is 20.8 Å². The zero-order valence-electron chi connectivity index (χ0n) is 11.2. The molecule has 0 radical (unpaired) electrons. The van der Waals surface area contributed by atoms with Gasteiger partial charge in [-0.1, -0.05) is 20.8 Å². The molecule has 1 rings (SSSR count). The van der Waals surface area contributed by atoms with Crippen LogP contribution in [0.1, 0.15) is 46.5 Å². The third-order valence-corrected chi connectivity index (χ3v) is 2.97. The second kappa shape index (κ2) is 5.38. The topological polar surface area (TPSA) is 79.2 Å². The zero-order chi connectivity index (χ0) is 13.8. The Bertz CT molecular complexity index is 373. The first kappa shape index (κ1) is 14.5. The minimum absolute atomic E-state index is 0.102. The number of esters is 1. The van der Waals surface area contributed by atoms with Crippen LogP contribution >= 0.6 is 0 Å². The number of nitriles is 1. The Morgan fingerprint density at radius 2 is 2.00 bits per heavy atom. The summed E-state index contributed by atoms with van der Waals surface area (Å²) in [4.78, 5) is 23.1. The lowest BCUT2D eigenvalue weighted by atomic mass is 9.81. The number of nitrogens with zero attached hydrogens (tertiary/aromatic N) is 1. The Hall–Kier alpha value is -1.57. The largest absolute Gasteiger partial charge is 0.444 e. The van der Waals surface area contributed by atoms with Gasteiger partial charge < -0.3 is 10.1 Å². The maximum Gasteiger partial charge on any atom is 0.309 e. The SMILES string of the molecule is CC(C)(C)C(=O)NCCC(=O)OC1(C#N)CCC1. The molecule has 0 atom stereocenters. The van der Waals surface area contributed by atoms with Crippen molar-refractivity contribution in [3.05, 3.63) is 0 Å². The maximum absolute atomic E-state index is 11.5. The summed E-state index contributed by atoms with van der Waals surface area (Å²) in [6.07, 6.45) is 2.25. The van der Waals surface area contributed by atoms with E-state index in [0.717, 1.165) is 6.42 Å². The molecule has 5 heteroatoms. The molecule has 18 heavy (non-hydrogen) atoms. The van der Waals surface area contributed by atoms with Crippen LogP contribution in [0.3, 0.4) is 0 Å². The van der Waals surface area contributed by atoms with E-state index in [9.17, 15) is 9.59 Å². The molecule has 0 aromatic heterocycles. The molecule has 1 aliphatic carbocycles. The van der Waals surface area contributed by atoms with Gasteiger partial charge in [0.05, 0.1) is 6.42 Å². The van der Waals surface area contributed by atoms with Crippen molar-refractivity contribution >= 4 is 11.9 Å². The van der Waals surface area contributed by atoms with Crippen LogP contribution in [0.25, 0.3) is 0 Å². The summed E-state index contributed by atoms with van der Waals surface area (Å²) < 4.78 is 5.14. The highest BCUT2D eigenvalue weighted by molar-refractivity contribution is 5.81. The molecule has 0 aliphatic heterocycles. The molecule has 0 bridgehead atoms. The van der Waals surface area contributed by atoms with Crippen LogP contribution in [-0.2, 0) is 14.3 Å². The van der Waals surface area contributed by atoms with Gasteiger partial charge in [-0.3, -0.25) is 9.59 Å². The van der Waals surface area contributed by atoms with E-state index < -0.39 is 17.0 Å². The summed E-state index contributed by atoms with van der Waals surface area (Å²) in [5.41, 5.74) is -1.36. The van der Waals surface area contributed by atoms with Crippen molar-refractivity contribution in [2.24, 2.45) is 5.41 Å². The van der Waals surface area contributed by atoms with Crippen molar-refractivity contribution in [1.29, 1.82) is 5.26 Å². The van der Waals surface area contributed by atoms with Gasteiger partial charge in [0.15, 0.2) is 5.60 Å². The monoisotopic (exact) mass is 252 g/mol. The van der Waals surface area contributed by atoms with E-state index in [1.807, 2.05) is 6.07 Å². The highest BCUT2D eigenvalue weighted by Gasteiger charge is 2.41. The van der Waals surface area contributed by atoms with Crippen molar-refractivity contribution in [3.63, 3.8) is 0 Å². The van der Waals surface area contributed by atoms with Crippen LogP contribution in [0.5, 0.6) is 0 Å². The number of carbonyl (C=O) groups is 2. The highest BCUT2D eigenvalue weighted by Crippen LogP contribution is 2.35. The Balaban J connectivity index is 2.26. The third-order valence-electron chi connectivity index (χ3n) is 2.97. The lowest BCUT2D eigenvalue weighted by molar-refractivity contribution is -0.160. The average molecular weight is 252 g/mol. The molecule has 0 saturated heterocycles. The normalized spacial score (nSPS) is 17.2. The van der Waals surface area contributed by atoms with Crippen LogP contribution in [0.15, 0.2) is 0 Å². The molecular formula is C13H20N2O3. The van der Waals surface area contributed by atoms with Crippen molar-refractivity contribution < 1.29 is 14.3 Å². The minimum atomic E-state index is -0.898. The lowest BCUT2D eigenvalue weighted by Crippen LogP contribution is -2.41. The van der Waals surface area contributed by atoms with Gasteiger partial charge in [0.2, 0.25) is 5.91 Å². The molecule has 0 unspecified atom stereocenters. The van der Waals surface area contributed by atoms with Gasteiger partial charge >= 0.3 is 5.97 Å². The van der Waals surface area contributed by atoms with E-state index >= 15 is 0 Å². The van der Waals surface area contributed by atoms with Crippen molar-refractivity contribution in [3.8, 4) is 6.07 Å². The summed E-state index contributed by atoms with van der Waals surface area (Å²) >= 11 is 0. The van der Waals surface area contributed by atoms with Gasteiger partial charge in [-0.2, -0.15) is 5.26 Å². The summed E-state index contributed by atoms with van der Waals surface area (Å²) in [5, 5.41) is 11.6. The molecule has 100 valence electrons. The zero-order valence-corrected chi connectivity index (χ0v) is 11.2. The number of hydrogen-bond donors (Lipinski definition) is 1. The second-order valence-electron chi connectivity index (χ2n) is 5.69. The molecule has 1 aliphatic rings. The molecule has 0 heterocycles. The molecule has 0 spiro atoms. The van der Waals surface area contributed by atoms with E-state index in [0.29, 0.717) is 12.8 Å². The van der Waals surface area contributed by atoms with Gasteiger partial charge in [-0.15, -0.1) is 0 Å². The quantitative estimate of drug-likeness (QED) is 0.769. The first-order chi connectivity index (χ1) is 8.29. The standard InChI is InChI=1S/C13H20N2O3/c1-12(2,3)11(17)15-8-5-10(16)18-13(9-14)6-4-7-13/h4-8H2,1-3H3,(H,15,17). The molecule has 0 aromatic carbocycles. The van der Waals surface area contributed by atoms with Crippen LogP contribution in [-0.4, -0.2) is 24.0 Å². The van der Waals surface area contributed by atoms with Gasteiger partial charge in [-0.05, 0) is 6.42 Å². The van der Waals surface area contributed by atoms with Crippen molar-refractivity contribution in [2.45, 2.75) is 52.1 Å². The van der Waals surface area contributed by atoms with E-state index in [-0.39, 0.29) is 18.9 Å². The molecule has 1 N–H and O–H groups in total. The van der Waals surface area contributed by atoms with Crippen LogP contribution < -0.4 is 5.32 Å². The minimum Gasteiger partial charge on any atom is -0.444 e. The van der Waals surface area contributed by atoms with Crippen molar-refractivity contribution in [2.75, 3.05) is 6.54 Å². The van der Waals surface area contributed by atoms with Crippen molar-refractivity contribution in [1.82, 2.24) is 5.32 Å². The Morgan fingerprint density at radius 3 is 2.39 bits per heavy atom. The number of nitrogens with one attached hydrogen (secondary N) is 1. The van der Waals surface area contributed by atoms with Gasteiger partial charge in [-0.25, -0.2) is 0 Å². The average Bonchev–Trinajstić information content (AvgIpc) is 2.22. The van der Waals surface area contributed by atoms with E-state index in [4.69, 9.17) is 10.00 Å². The predicted octanol–water partition coefficient (Wildman–Crippen LogP) is 1.53. The molecule has 5 nitrogen and oxygen atoms in total. The highest BCUT2D eigenvalue weighted by atomic mass is 16.6. The molecule has 1 fully saturated rings. The number of amides is 1. The van der Waals surface area contributed by atoms with Crippen LogP contribution in [0.4, 0.5) is 0 Å². The van der Waals surface area contributed by atoms with E-state index in [1.165, 1.54) is 0 Å². The summed E-state index contributed by atoms with van der Waals surface area (Å²) in [6, 6.07) is 2.04. The van der Waals surface area contributed by atoms with Gasteiger partial charge in [0.1, 0.15) is 6.07 Å². The first-order valence-corrected chi connectivity index (χ1v) is 6.20. The fourth-order valence-electron chi connectivity index (χ4n) is 1.55. The molecule has 1 amide bonds. The number of carbonyl (C=O) groups excluding carboxylic acids is 2. The third kappa shape index (κ3) is 3.73. The Kier molecular flexibility index (Phi) is 4.33. The number of hydrogen-bond acceptors (Lipinski definition) is 4. The van der Waals surface area contributed by atoms with Crippen LogP contribution in [0.2, 0.25) is 0 Å². The molecular weight excluding hydrogens is 232 g/mol. The molecule has 0 aromatic rings. The van der Waals surface area contributed by atoms with Gasteiger partial charge in [0, 0.05) is 24.8 Å². The fourth-order valence-corrected chi connectivity index (χ4v) is 1.55. The molecule has 1 saturated carbocycles. The fraction of sp³-hybridized carbons (Fsp3) is 0.769. The Labute approximate surface area is 107 Å². The number of ether oxygens (including phenoxy) is 1. The first-order valence-electron chi connectivity index (χ1n) is 6.20. The summed E-state index contributed by atoms with van der Waals surface area (Å²) in [7, 11) is 0. The smallest absolute Gasteiger partial charge is 0.309 e. The summed E-state index contributed by atoms with van der Waals surface area (Å²) in [5.74, 6) is -0.528. The lowest BCUT2D eigenvalue weighted by Gasteiger charge is -2.34. The second-order valence-corrected chi connectivity index (χ2v) is 5.69. The Morgan fingerprint density at radius 1 is 1.39 bits per heavy atom. The number of rotatable bonds is 4. The van der Waals surface area contributed by atoms with Gasteiger partial charge in [0.25, 0.3) is 0 Å². The van der Waals surface area contributed by atoms with Crippen LogP contribution in [0, 0.1) is 16.7 Å².